The number of likely N-dealkylation sites (tertiary alicyclic amines) is 1. The number of imidazole rings is 1. The van der Waals surface area contributed by atoms with E-state index in [-0.39, 0.29) is 37.0 Å². The number of para-hydroxylation sites is 1. The molecule has 2 aromatic carbocycles. The highest BCUT2D eigenvalue weighted by molar-refractivity contribution is 6.07. The number of amides is 3. The fraction of sp³-hybridized carbons (Fsp3) is 0.269. The van der Waals surface area contributed by atoms with Crippen LogP contribution >= 0.6 is 0 Å². The zero-order valence-electron chi connectivity index (χ0n) is 19.7. The van der Waals surface area contributed by atoms with E-state index in [4.69, 9.17) is 0 Å². The molecule has 0 saturated carbocycles. The molecule has 36 heavy (non-hydrogen) atoms. The van der Waals surface area contributed by atoms with Gasteiger partial charge >= 0.3 is 0 Å². The number of nitrogens with zero attached hydrogens (tertiary/aromatic N) is 3. The summed E-state index contributed by atoms with van der Waals surface area (Å²) in [4.78, 5) is 55.4. The van der Waals surface area contributed by atoms with Crippen LogP contribution in [-0.4, -0.2) is 58.5 Å². The van der Waals surface area contributed by atoms with E-state index in [1.165, 1.54) is 6.08 Å². The van der Waals surface area contributed by atoms with Crippen LogP contribution in [0, 0.1) is 0 Å². The van der Waals surface area contributed by atoms with Gasteiger partial charge in [0.1, 0.15) is 0 Å². The molecule has 0 aliphatic carbocycles. The predicted molar refractivity (Wildman–Crippen MR) is 133 cm³/mol. The Hall–Kier alpha value is -4.47. The van der Waals surface area contributed by atoms with Crippen molar-refractivity contribution < 1.29 is 23.9 Å². The molecule has 1 aliphatic rings. The Labute approximate surface area is 207 Å². The lowest BCUT2D eigenvalue weighted by molar-refractivity contribution is -0.129. The van der Waals surface area contributed by atoms with E-state index in [0.717, 1.165) is 12.8 Å². The van der Waals surface area contributed by atoms with Crippen molar-refractivity contribution in [2.24, 2.45) is 0 Å². The first-order chi connectivity index (χ1) is 17.5. The second kappa shape index (κ2) is 11.3. The topological polar surface area (TPSA) is 123 Å². The molecule has 0 radical (unpaired) electrons. The molecule has 0 spiro atoms. The molecule has 1 atom stereocenters. The van der Waals surface area contributed by atoms with Crippen LogP contribution in [0.3, 0.4) is 0 Å². The van der Waals surface area contributed by atoms with Gasteiger partial charge in [-0.2, -0.15) is 0 Å². The Morgan fingerprint density at radius 2 is 1.89 bits per heavy atom. The minimum Gasteiger partial charge on any atom is -0.447 e. The van der Waals surface area contributed by atoms with Gasteiger partial charge in [0.05, 0.1) is 22.6 Å². The number of aromatic nitrogens is 2. The van der Waals surface area contributed by atoms with Crippen molar-refractivity contribution in [3.05, 3.63) is 72.3 Å². The van der Waals surface area contributed by atoms with Crippen LogP contribution in [0.1, 0.15) is 46.0 Å². The lowest BCUT2D eigenvalue weighted by Gasteiger charge is -2.26. The third kappa shape index (κ3) is 5.27. The average molecular weight is 490 g/mol. The van der Waals surface area contributed by atoms with Crippen molar-refractivity contribution >= 4 is 41.2 Å². The summed E-state index contributed by atoms with van der Waals surface area (Å²) >= 11 is 0. The number of rotatable bonds is 8. The maximum absolute atomic E-state index is 13.0. The number of nitrogens with one attached hydrogen (secondary N) is 2. The number of fused-ring (bicyclic) bond motifs is 1. The maximum atomic E-state index is 13.0. The SMILES string of the molecule is C=CC(=O)N1CCCCC(n2c(NC(=O)c3ccccc3)nc3cccc(C(=O)NCOC=O)c32)C1. The van der Waals surface area contributed by atoms with Crippen LogP contribution in [-0.2, 0) is 14.3 Å². The molecule has 1 saturated heterocycles. The van der Waals surface area contributed by atoms with Crippen molar-refractivity contribution in [3.63, 3.8) is 0 Å². The van der Waals surface area contributed by atoms with Gasteiger partial charge in [-0.05, 0) is 49.6 Å². The molecule has 2 heterocycles. The number of carbonyl (C=O) groups excluding carboxylic acids is 4. The largest absolute Gasteiger partial charge is 0.447 e. The van der Waals surface area contributed by atoms with Gasteiger partial charge in [0, 0.05) is 18.7 Å². The monoisotopic (exact) mass is 489 g/mol. The molecule has 0 bridgehead atoms. The van der Waals surface area contributed by atoms with Crippen LogP contribution in [0.15, 0.2) is 61.2 Å². The maximum Gasteiger partial charge on any atom is 0.294 e. The number of benzene rings is 2. The highest BCUT2D eigenvalue weighted by Crippen LogP contribution is 2.32. The van der Waals surface area contributed by atoms with Gasteiger partial charge in [-0.15, -0.1) is 0 Å². The molecule has 1 unspecified atom stereocenters. The minimum atomic E-state index is -0.461. The van der Waals surface area contributed by atoms with Gasteiger partial charge in [0.15, 0.2) is 6.73 Å². The van der Waals surface area contributed by atoms with Gasteiger partial charge in [0.25, 0.3) is 18.3 Å². The van der Waals surface area contributed by atoms with Crippen LogP contribution in [0.4, 0.5) is 5.95 Å². The molecule has 3 amide bonds. The lowest BCUT2D eigenvalue weighted by Crippen LogP contribution is -2.35. The van der Waals surface area contributed by atoms with Crippen molar-refractivity contribution in [2.75, 3.05) is 25.1 Å². The summed E-state index contributed by atoms with van der Waals surface area (Å²) in [5.74, 6) is -0.700. The first kappa shape index (κ1) is 24.6. The molecule has 1 aromatic heterocycles. The number of hydrogen-bond acceptors (Lipinski definition) is 6. The highest BCUT2D eigenvalue weighted by Gasteiger charge is 2.28. The third-order valence-electron chi connectivity index (χ3n) is 6.10. The van der Waals surface area contributed by atoms with E-state index >= 15 is 0 Å². The van der Waals surface area contributed by atoms with Crippen LogP contribution in [0.25, 0.3) is 11.0 Å². The van der Waals surface area contributed by atoms with Crippen LogP contribution < -0.4 is 10.6 Å². The van der Waals surface area contributed by atoms with Crippen LogP contribution in [0.2, 0.25) is 0 Å². The molecular weight excluding hydrogens is 462 g/mol. The quantitative estimate of drug-likeness (QED) is 0.217. The molecule has 3 aromatic rings. The van der Waals surface area contributed by atoms with Crippen molar-refractivity contribution in [1.29, 1.82) is 0 Å². The third-order valence-corrected chi connectivity index (χ3v) is 6.10. The van der Waals surface area contributed by atoms with E-state index in [0.29, 0.717) is 41.7 Å². The summed E-state index contributed by atoms with van der Waals surface area (Å²) < 4.78 is 6.45. The Morgan fingerprint density at radius 1 is 1.08 bits per heavy atom. The van der Waals surface area contributed by atoms with E-state index in [2.05, 4.69) is 26.9 Å². The van der Waals surface area contributed by atoms with Crippen molar-refractivity contribution in [1.82, 2.24) is 19.8 Å². The molecule has 1 fully saturated rings. The summed E-state index contributed by atoms with van der Waals surface area (Å²) in [6.45, 7) is 4.54. The Kier molecular flexibility index (Phi) is 7.74. The molecule has 10 nitrogen and oxygen atoms in total. The van der Waals surface area contributed by atoms with Crippen LogP contribution in [0.5, 0.6) is 0 Å². The summed E-state index contributed by atoms with van der Waals surface area (Å²) in [5, 5.41) is 5.44. The van der Waals surface area contributed by atoms with Gasteiger partial charge in [-0.3, -0.25) is 24.5 Å². The molecule has 186 valence electrons. The number of carbonyl (C=O) groups is 4. The van der Waals surface area contributed by atoms with Crippen molar-refractivity contribution in [3.8, 4) is 0 Å². The number of hydrogen-bond donors (Lipinski definition) is 2. The first-order valence-corrected chi connectivity index (χ1v) is 11.7. The zero-order chi connectivity index (χ0) is 25.5. The lowest BCUT2D eigenvalue weighted by atomic mass is 10.1. The second-order valence-corrected chi connectivity index (χ2v) is 8.35. The molecule has 1 aliphatic heterocycles. The number of anilines is 1. The summed E-state index contributed by atoms with van der Waals surface area (Å²) in [5.41, 5.74) is 1.79. The van der Waals surface area contributed by atoms with E-state index in [1.54, 1.807) is 47.4 Å². The van der Waals surface area contributed by atoms with Gasteiger partial charge in [-0.25, -0.2) is 4.98 Å². The van der Waals surface area contributed by atoms with Gasteiger partial charge in [0.2, 0.25) is 11.9 Å². The highest BCUT2D eigenvalue weighted by atomic mass is 16.5. The fourth-order valence-electron chi connectivity index (χ4n) is 4.43. The van der Waals surface area contributed by atoms with Crippen molar-refractivity contribution in [2.45, 2.75) is 25.3 Å². The van der Waals surface area contributed by atoms with E-state index in [1.807, 2.05) is 10.6 Å². The Balaban J connectivity index is 1.81. The smallest absolute Gasteiger partial charge is 0.294 e. The normalized spacial score (nSPS) is 15.6. The zero-order valence-corrected chi connectivity index (χ0v) is 19.7. The standard InChI is InChI=1S/C26H27N5O5/c1-2-22(33)30-14-7-6-11-19(15-30)31-23-20(25(35)27-16-36-17-32)12-8-13-21(23)28-26(31)29-24(34)18-9-4-3-5-10-18/h2-5,8-10,12-13,17,19H,1,6-7,11,14-16H2,(H,27,35)(H,28,29,34). The van der Waals surface area contributed by atoms with Gasteiger partial charge < -0.3 is 19.5 Å². The minimum absolute atomic E-state index is 0.176. The van der Waals surface area contributed by atoms with Gasteiger partial charge in [-0.1, -0.05) is 30.8 Å². The fourth-order valence-corrected chi connectivity index (χ4v) is 4.43. The second-order valence-electron chi connectivity index (χ2n) is 8.35. The molecule has 2 N–H and O–H groups in total. The summed E-state index contributed by atoms with van der Waals surface area (Å²) in [6, 6.07) is 13.6. The average Bonchev–Trinajstić information content (AvgIpc) is 3.09. The van der Waals surface area contributed by atoms with E-state index < -0.39 is 5.91 Å². The first-order valence-electron chi connectivity index (χ1n) is 11.7. The Morgan fingerprint density at radius 3 is 2.64 bits per heavy atom. The predicted octanol–water partition coefficient (Wildman–Crippen LogP) is 2.89. The molecular formula is C26H27N5O5. The molecule has 4 rings (SSSR count). The molecule has 10 heteroatoms. The summed E-state index contributed by atoms with van der Waals surface area (Å²) in [6.07, 6.45) is 3.67. The number of ether oxygens (including phenoxy) is 1. The van der Waals surface area contributed by atoms with E-state index in [9.17, 15) is 19.2 Å². The summed E-state index contributed by atoms with van der Waals surface area (Å²) in [7, 11) is 0. The Bertz CT molecular complexity index is 1290.